The zero-order valence-corrected chi connectivity index (χ0v) is 16.4. The molecule has 2 aromatic rings. The summed E-state index contributed by atoms with van der Waals surface area (Å²) < 4.78 is 30.9. The van der Waals surface area contributed by atoms with Crippen LogP contribution in [-0.2, 0) is 21.4 Å². The number of piperidine rings is 1. The minimum absolute atomic E-state index is 0.0496. The van der Waals surface area contributed by atoms with Gasteiger partial charge in [0, 0.05) is 25.7 Å². The van der Waals surface area contributed by atoms with Gasteiger partial charge in [0.2, 0.25) is 27.6 Å². The molecule has 0 bridgehead atoms. The molecule has 1 fully saturated rings. The minimum Gasteiger partial charge on any atom is -0.337 e. The molecular formula is C18H24N4O4S. The van der Waals surface area contributed by atoms with Crippen LogP contribution in [0.15, 0.2) is 34.9 Å². The van der Waals surface area contributed by atoms with E-state index in [-0.39, 0.29) is 30.7 Å². The highest BCUT2D eigenvalue weighted by Gasteiger charge is 2.33. The molecule has 0 saturated carbocycles. The number of amides is 1. The van der Waals surface area contributed by atoms with Gasteiger partial charge in [-0.05, 0) is 19.8 Å². The molecule has 1 unspecified atom stereocenters. The maximum atomic E-state index is 12.8. The zero-order valence-electron chi connectivity index (χ0n) is 15.5. The molecule has 1 saturated heterocycles. The molecule has 1 amide bonds. The van der Waals surface area contributed by atoms with E-state index in [2.05, 4.69) is 10.1 Å². The highest BCUT2D eigenvalue weighted by molar-refractivity contribution is 7.89. The molecule has 146 valence electrons. The van der Waals surface area contributed by atoms with E-state index in [0.717, 1.165) is 5.56 Å². The average molecular weight is 392 g/mol. The lowest BCUT2D eigenvalue weighted by atomic mass is 9.98. The van der Waals surface area contributed by atoms with Crippen molar-refractivity contribution < 1.29 is 17.7 Å². The molecule has 27 heavy (non-hydrogen) atoms. The monoisotopic (exact) mass is 392 g/mol. The van der Waals surface area contributed by atoms with Crippen molar-refractivity contribution in [1.29, 1.82) is 0 Å². The van der Waals surface area contributed by atoms with Crippen LogP contribution in [0.25, 0.3) is 11.4 Å². The molecule has 1 aromatic carbocycles. The van der Waals surface area contributed by atoms with Crippen LogP contribution >= 0.6 is 0 Å². The molecule has 1 aliphatic heterocycles. The Morgan fingerprint density at radius 2 is 2.07 bits per heavy atom. The number of carbonyl (C=O) groups is 1. The molecule has 1 aromatic heterocycles. The molecule has 2 heterocycles. The van der Waals surface area contributed by atoms with Crippen LogP contribution in [0, 0.1) is 5.92 Å². The topological polar surface area (TPSA) is 96.6 Å². The van der Waals surface area contributed by atoms with Gasteiger partial charge in [0.15, 0.2) is 0 Å². The van der Waals surface area contributed by atoms with Gasteiger partial charge >= 0.3 is 0 Å². The van der Waals surface area contributed by atoms with Gasteiger partial charge < -0.3 is 9.42 Å². The standard InChI is InChI=1S/C18H24N4O4S/c1-3-27(24,25)22-11-7-10-15(12-22)18(23)21(2)13-16-19-17(20-26-16)14-8-5-4-6-9-14/h4-6,8-9,15H,3,7,10-13H2,1-2H3. The molecule has 8 nitrogen and oxygen atoms in total. The first-order chi connectivity index (χ1) is 12.9. The summed E-state index contributed by atoms with van der Waals surface area (Å²) in [7, 11) is -1.61. The fraction of sp³-hybridized carbons (Fsp3) is 0.500. The van der Waals surface area contributed by atoms with Crippen molar-refractivity contribution in [3.8, 4) is 11.4 Å². The van der Waals surface area contributed by atoms with Gasteiger partial charge in [-0.25, -0.2) is 12.7 Å². The summed E-state index contributed by atoms with van der Waals surface area (Å²) in [5.41, 5.74) is 0.842. The summed E-state index contributed by atoms with van der Waals surface area (Å²) in [6.07, 6.45) is 1.36. The SMILES string of the molecule is CCS(=O)(=O)N1CCCC(C(=O)N(C)Cc2nc(-c3ccccc3)no2)C1. The average Bonchev–Trinajstić information content (AvgIpc) is 3.16. The fourth-order valence-corrected chi connectivity index (χ4v) is 4.37. The van der Waals surface area contributed by atoms with E-state index in [1.807, 2.05) is 30.3 Å². The number of sulfonamides is 1. The van der Waals surface area contributed by atoms with Gasteiger partial charge in [-0.15, -0.1) is 0 Å². The summed E-state index contributed by atoms with van der Waals surface area (Å²) in [6, 6.07) is 9.45. The van der Waals surface area contributed by atoms with Crippen molar-refractivity contribution in [2.24, 2.45) is 5.92 Å². The Kier molecular flexibility index (Phi) is 5.91. The molecule has 0 spiro atoms. The quantitative estimate of drug-likeness (QED) is 0.743. The Hall–Kier alpha value is -2.26. The Labute approximate surface area is 159 Å². The van der Waals surface area contributed by atoms with Crippen LogP contribution in [0.1, 0.15) is 25.7 Å². The van der Waals surface area contributed by atoms with Crippen molar-refractivity contribution in [3.05, 3.63) is 36.2 Å². The number of aromatic nitrogens is 2. The molecule has 1 aliphatic rings. The number of carbonyl (C=O) groups excluding carboxylic acids is 1. The third-order valence-electron chi connectivity index (χ3n) is 4.74. The number of benzene rings is 1. The number of rotatable bonds is 6. The number of hydrogen-bond donors (Lipinski definition) is 0. The second kappa shape index (κ2) is 8.18. The molecule has 0 radical (unpaired) electrons. The van der Waals surface area contributed by atoms with E-state index in [1.54, 1.807) is 14.0 Å². The fourth-order valence-electron chi connectivity index (χ4n) is 3.20. The summed E-state index contributed by atoms with van der Waals surface area (Å²) in [6.45, 7) is 2.52. The Morgan fingerprint density at radius 1 is 1.33 bits per heavy atom. The maximum Gasteiger partial charge on any atom is 0.246 e. The Morgan fingerprint density at radius 3 is 2.78 bits per heavy atom. The van der Waals surface area contributed by atoms with E-state index in [4.69, 9.17) is 4.52 Å². The number of hydrogen-bond acceptors (Lipinski definition) is 6. The number of nitrogens with zero attached hydrogens (tertiary/aromatic N) is 4. The van der Waals surface area contributed by atoms with Crippen LogP contribution in [0.5, 0.6) is 0 Å². The normalized spacial score (nSPS) is 18.4. The predicted molar refractivity (Wildman–Crippen MR) is 100.0 cm³/mol. The van der Waals surface area contributed by atoms with Gasteiger partial charge in [-0.3, -0.25) is 4.79 Å². The van der Waals surface area contributed by atoms with Gasteiger partial charge in [0.05, 0.1) is 18.2 Å². The van der Waals surface area contributed by atoms with E-state index < -0.39 is 10.0 Å². The van der Waals surface area contributed by atoms with Crippen LogP contribution < -0.4 is 0 Å². The lowest BCUT2D eigenvalue weighted by Crippen LogP contribution is -2.46. The first kappa shape index (κ1) is 19.5. The van der Waals surface area contributed by atoms with E-state index in [9.17, 15) is 13.2 Å². The highest BCUT2D eigenvalue weighted by atomic mass is 32.2. The van der Waals surface area contributed by atoms with Gasteiger partial charge in [0.1, 0.15) is 0 Å². The summed E-state index contributed by atoms with van der Waals surface area (Å²) in [5, 5.41) is 3.96. The van der Waals surface area contributed by atoms with Crippen LogP contribution in [0.4, 0.5) is 0 Å². The first-order valence-electron chi connectivity index (χ1n) is 9.01. The van der Waals surface area contributed by atoms with Gasteiger partial charge in [0.25, 0.3) is 0 Å². The van der Waals surface area contributed by atoms with Crippen LogP contribution in [0.3, 0.4) is 0 Å². The second-order valence-corrected chi connectivity index (χ2v) is 8.93. The molecule has 3 rings (SSSR count). The molecule has 0 aliphatic carbocycles. The Balaban J connectivity index is 1.63. The highest BCUT2D eigenvalue weighted by Crippen LogP contribution is 2.22. The maximum absolute atomic E-state index is 12.8. The van der Waals surface area contributed by atoms with E-state index >= 15 is 0 Å². The van der Waals surface area contributed by atoms with Crippen LogP contribution in [-0.4, -0.2) is 59.6 Å². The minimum atomic E-state index is -3.28. The van der Waals surface area contributed by atoms with Crippen molar-refractivity contribution >= 4 is 15.9 Å². The van der Waals surface area contributed by atoms with Crippen molar-refractivity contribution in [2.45, 2.75) is 26.3 Å². The van der Waals surface area contributed by atoms with Crippen molar-refractivity contribution in [1.82, 2.24) is 19.3 Å². The van der Waals surface area contributed by atoms with Crippen molar-refractivity contribution in [2.75, 3.05) is 25.9 Å². The van der Waals surface area contributed by atoms with Gasteiger partial charge in [-0.1, -0.05) is 35.5 Å². The molecule has 9 heteroatoms. The largest absolute Gasteiger partial charge is 0.337 e. The smallest absolute Gasteiger partial charge is 0.246 e. The lowest BCUT2D eigenvalue weighted by Gasteiger charge is -2.32. The lowest BCUT2D eigenvalue weighted by molar-refractivity contribution is -0.136. The van der Waals surface area contributed by atoms with E-state index in [0.29, 0.717) is 31.1 Å². The first-order valence-corrected chi connectivity index (χ1v) is 10.6. The predicted octanol–water partition coefficient (Wildman–Crippen LogP) is 1.76. The van der Waals surface area contributed by atoms with Crippen LogP contribution in [0.2, 0.25) is 0 Å². The van der Waals surface area contributed by atoms with E-state index in [1.165, 1.54) is 9.21 Å². The van der Waals surface area contributed by atoms with Crippen molar-refractivity contribution in [3.63, 3.8) is 0 Å². The molecule has 1 atom stereocenters. The third kappa shape index (κ3) is 4.54. The summed E-state index contributed by atoms with van der Waals surface area (Å²) in [4.78, 5) is 18.6. The zero-order chi connectivity index (χ0) is 19.4. The summed E-state index contributed by atoms with van der Waals surface area (Å²) >= 11 is 0. The molecule has 0 N–H and O–H groups in total. The summed E-state index contributed by atoms with van der Waals surface area (Å²) in [5.74, 6) is 0.420. The van der Waals surface area contributed by atoms with Gasteiger partial charge in [-0.2, -0.15) is 4.98 Å². The Bertz CT molecular complexity index is 882. The molecular weight excluding hydrogens is 368 g/mol. The third-order valence-corrected chi connectivity index (χ3v) is 6.59. The second-order valence-electron chi connectivity index (χ2n) is 6.67.